The number of rotatable bonds is 2. The van der Waals surface area contributed by atoms with Gasteiger partial charge in [-0.3, -0.25) is 4.98 Å². The zero-order valence-electron chi connectivity index (χ0n) is 11.8. The summed E-state index contributed by atoms with van der Waals surface area (Å²) in [5, 5.41) is 13.6. The highest BCUT2D eigenvalue weighted by Gasteiger charge is 2.42. The molecule has 0 amide bonds. The minimum absolute atomic E-state index is 0.645. The predicted octanol–water partition coefficient (Wildman–Crippen LogP) is 4.02. The van der Waals surface area contributed by atoms with Crippen LogP contribution in [0.4, 0.5) is 0 Å². The van der Waals surface area contributed by atoms with Gasteiger partial charge in [0.15, 0.2) is 0 Å². The van der Waals surface area contributed by atoms with Crippen molar-refractivity contribution in [3.63, 3.8) is 0 Å². The predicted molar refractivity (Wildman–Crippen MR) is 80.3 cm³/mol. The van der Waals surface area contributed by atoms with Crippen molar-refractivity contribution in [1.29, 1.82) is 0 Å². The second-order valence-corrected chi connectivity index (χ2v) is 6.63. The summed E-state index contributed by atoms with van der Waals surface area (Å²) in [6.07, 6.45) is 10.8. The number of aliphatic hydroxyl groups is 1. The van der Waals surface area contributed by atoms with Crippen LogP contribution in [0, 0.1) is 11.8 Å². The van der Waals surface area contributed by atoms with Crippen LogP contribution in [-0.2, 0) is 5.60 Å². The molecule has 2 fully saturated rings. The van der Waals surface area contributed by atoms with Crippen LogP contribution < -0.4 is 0 Å². The van der Waals surface area contributed by atoms with Crippen LogP contribution in [0.2, 0.25) is 0 Å². The molecule has 4 rings (SSSR count). The van der Waals surface area contributed by atoms with Crippen LogP contribution in [0.5, 0.6) is 0 Å². The third kappa shape index (κ3) is 2.03. The van der Waals surface area contributed by atoms with Gasteiger partial charge in [0.2, 0.25) is 0 Å². The molecule has 2 aromatic rings. The quantitative estimate of drug-likeness (QED) is 0.891. The van der Waals surface area contributed by atoms with Crippen molar-refractivity contribution in [3.05, 3.63) is 42.2 Å². The Morgan fingerprint density at radius 2 is 2.00 bits per heavy atom. The first-order chi connectivity index (χ1) is 9.76. The first-order valence-corrected chi connectivity index (χ1v) is 7.82. The highest BCUT2D eigenvalue weighted by atomic mass is 16.3. The highest BCUT2D eigenvalue weighted by molar-refractivity contribution is 5.85. The molecule has 1 heterocycles. The lowest BCUT2D eigenvalue weighted by atomic mass is 9.72. The van der Waals surface area contributed by atoms with Gasteiger partial charge in [-0.15, -0.1) is 0 Å². The Bertz CT molecular complexity index is 629. The van der Waals surface area contributed by atoms with Gasteiger partial charge in [-0.1, -0.05) is 18.2 Å². The van der Waals surface area contributed by atoms with Crippen LogP contribution >= 0.6 is 0 Å². The molecule has 104 valence electrons. The molecule has 2 saturated carbocycles. The smallest absolute Gasteiger partial charge is 0.0905 e. The van der Waals surface area contributed by atoms with Gasteiger partial charge in [0.05, 0.1) is 5.60 Å². The first kappa shape index (κ1) is 12.3. The maximum Gasteiger partial charge on any atom is 0.0905 e. The fourth-order valence-electron chi connectivity index (χ4n) is 4.03. The number of aromatic nitrogens is 1. The van der Waals surface area contributed by atoms with Gasteiger partial charge in [0.25, 0.3) is 0 Å². The lowest BCUT2D eigenvalue weighted by Crippen LogP contribution is -2.33. The number of benzene rings is 1. The third-order valence-electron chi connectivity index (χ3n) is 5.24. The minimum atomic E-state index is -0.645. The molecule has 2 aliphatic rings. The van der Waals surface area contributed by atoms with Crippen molar-refractivity contribution >= 4 is 10.8 Å². The van der Waals surface area contributed by atoms with Crippen molar-refractivity contribution < 1.29 is 5.11 Å². The van der Waals surface area contributed by atoms with E-state index in [1.807, 2.05) is 18.5 Å². The van der Waals surface area contributed by atoms with E-state index in [1.54, 1.807) is 0 Å². The average molecular weight is 267 g/mol. The van der Waals surface area contributed by atoms with E-state index in [9.17, 15) is 5.11 Å². The second kappa shape index (κ2) is 4.56. The molecular formula is C18H21NO. The number of hydrogen-bond acceptors (Lipinski definition) is 2. The van der Waals surface area contributed by atoms with Crippen molar-refractivity contribution in [2.45, 2.75) is 44.1 Å². The number of pyridine rings is 1. The molecule has 0 spiro atoms. The van der Waals surface area contributed by atoms with Crippen LogP contribution in [0.15, 0.2) is 36.7 Å². The summed E-state index contributed by atoms with van der Waals surface area (Å²) >= 11 is 0. The summed E-state index contributed by atoms with van der Waals surface area (Å²) < 4.78 is 0. The lowest BCUT2D eigenvalue weighted by molar-refractivity contribution is -0.0238. The van der Waals surface area contributed by atoms with Crippen molar-refractivity contribution in [2.24, 2.45) is 11.8 Å². The van der Waals surface area contributed by atoms with E-state index < -0.39 is 5.60 Å². The van der Waals surface area contributed by atoms with Crippen LogP contribution in [0.1, 0.15) is 44.1 Å². The molecule has 0 bridgehead atoms. The molecule has 0 aliphatic heterocycles. The molecule has 2 atom stereocenters. The minimum Gasteiger partial charge on any atom is -0.385 e. The largest absolute Gasteiger partial charge is 0.385 e. The summed E-state index contributed by atoms with van der Waals surface area (Å²) in [7, 11) is 0. The molecule has 1 N–H and O–H groups in total. The fraction of sp³-hybridized carbons (Fsp3) is 0.500. The van der Waals surface area contributed by atoms with E-state index in [2.05, 4.69) is 23.2 Å². The van der Waals surface area contributed by atoms with Gasteiger partial charge in [-0.25, -0.2) is 0 Å². The summed E-state index contributed by atoms with van der Waals surface area (Å²) in [6.45, 7) is 0. The SMILES string of the molecule is OC1(c2cccc3ccncc23)CCCC(C2CC2)C1. The van der Waals surface area contributed by atoms with Crippen molar-refractivity contribution in [3.8, 4) is 0 Å². The summed E-state index contributed by atoms with van der Waals surface area (Å²) in [6, 6.07) is 8.30. The van der Waals surface area contributed by atoms with Crippen LogP contribution in [0.25, 0.3) is 10.8 Å². The van der Waals surface area contributed by atoms with E-state index in [1.165, 1.54) is 24.6 Å². The van der Waals surface area contributed by atoms with Crippen molar-refractivity contribution in [1.82, 2.24) is 4.98 Å². The van der Waals surface area contributed by atoms with Gasteiger partial charge < -0.3 is 5.11 Å². The molecule has 2 nitrogen and oxygen atoms in total. The maximum atomic E-state index is 11.3. The Kier molecular flexibility index (Phi) is 2.81. The third-order valence-corrected chi connectivity index (χ3v) is 5.24. The van der Waals surface area contributed by atoms with Gasteiger partial charge in [0.1, 0.15) is 0 Å². The van der Waals surface area contributed by atoms with E-state index in [4.69, 9.17) is 0 Å². The molecule has 20 heavy (non-hydrogen) atoms. The average Bonchev–Trinajstić information content (AvgIpc) is 3.31. The fourth-order valence-corrected chi connectivity index (χ4v) is 4.03. The first-order valence-electron chi connectivity index (χ1n) is 7.82. The zero-order valence-corrected chi connectivity index (χ0v) is 11.8. The van der Waals surface area contributed by atoms with Gasteiger partial charge >= 0.3 is 0 Å². The lowest BCUT2D eigenvalue weighted by Gasteiger charge is -2.38. The van der Waals surface area contributed by atoms with Crippen LogP contribution in [0.3, 0.4) is 0 Å². The molecule has 0 radical (unpaired) electrons. The molecular weight excluding hydrogens is 246 g/mol. The Morgan fingerprint density at radius 3 is 2.85 bits per heavy atom. The molecule has 1 aromatic carbocycles. The summed E-state index contributed by atoms with van der Waals surface area (Å²) in [4.78, 5) is 4.25. The molecule has 0 saturated heterocycles. The Hall–Kier alpha value is -1.41. The second-order valence-electron chi connectivity index (χ2n) is 6.63. The van der Waals surface area contributed by atoms with E-state index in [0.717, 1.165) is 42.0 Å². The number of fused-ring (bicyclic) bond motifs is 1. The summed E-state index contributed by atoms with van der Waals surface area (Å²) in [5.74, 6) is 1.61. The van der Waals surface area contributed by atoms with Gasteiger partial charge in [0, 0.05) is 17.8 Å². The summed E-state index contributed by atoms with van der Waals surface area (Å²) in [5.41, 5.74) is 0.446. The van der Waals surface area contributed by atoms with Gasteiger partial charge in [-0.05, 0) is 67.4 Å². The molecule has 2 heteroatoms. The standard InChI is InChI=1S/C18H21NO/c20-18(9-2-4-15(11-18)13-6-7-13)17-5-1-3-14-8-10-19-12-16(14)17/h1,3,5,8,10,12-13,15,20H,2,4,6-7,9,11H2. The topological polar surface area (TPSA) is 33.1 Å². The number of nitrogens with zero attached hydrogens (tertiary/aromatic N) is 1. The molecule has 2 aliphatic carbocycles. The Morgan fingerprint density at radius 1 is 1.10 bits per heavy atom. The Balaban J connectivity index is 1.76. The number of hydrogen-bond donors (Lipinski definition) is 1. The van der Waals surface area contributed by atoms with E-state index in [-0.39, 0.29) is 0 Å². The van der Waals surface area contributed by atoms with Gasteiger partial charge in [-0.2, -0.15) is 0 Å². The van der Waals surface area contributed by atoms with E-state index in [0.29, 0.717) is 0 Å². The Labute approximate surface area is 119 Å². The zero-order chi connectivity index (χ0) is 13.6. The highest BCUT2D eigenvalue weighted by Crippen LogP contribution is 2.50. The molecule has 1 aromatic heterocycles. The normalized spacial score (nSPS) is 30.6. The monoisotopic (exact) mass is 267 g/mol. The van der Waals surface area contributed by atoms with Crippen molar-refractivity contribution in [2.75, 3.05) is 0 Å². The van der Waals surface area contributed by atoms with Crippen LogP contribution in [-0.4, -0.2) is 10.1 Å². The molecule has 2 unspecified atom stereocenters. The maximum absolute atomic E-state index is 11.3. The van der Waals surface area contributed by atoms with E-state index >= 15 is 0 Å².